The monoisotopic (exact) mass is 248 g/mol. The van der Waals surface area contributed by atoms with E-state index in [0.717, 1.165) is 10.6 Å². The highest BCUT2D eigenvalue weighted by Gasteiger charge is 2.07. The lowest BCUT2D eigenvalue weighted by Gasteiger charge is -2.03. The summed E-state index contributed by atoms with van der Waals surface area (Å²) in [7, 11) is 0. The maximum absolute atomic E-state index is 11.6. The normalized spacial score (nSPS) is 10.0. The molecule has 2 rings (SSSR count). The first-order valence-electron chi connectivity index (χ1n) is 5.07. The van der Waals surface area contributed by atoms with E-state index in [1.165, 1.54) is 11.3 Å². The van der Waals surface area contributed by atoms with Crippen LogP contribution in [0.2, 0.25) is 0 Å². The Labute approximate surface area is 103 Å². The first-order chi connectivity index (χ1) is 8.15. The lowest BCUT2D eigenvalue weighted by Crippen LogP contribution is -2.19. The third-order valence-corrected chi connectivity index (χ3v) is 3.16. The molecule has 2 aromatic rings. The number of nitrogens with zero attached hydrogens (tertiary/aromatic N) is 2. The molecule has 17 heavy (non-hydrogen) atoms. The number of hydrogen-bond donors (Lipinski definition) is 2. The molecule has 0 unspecified atom stereocenters. The van der Waals surface area contributed by atoms with Gasteiger partial charge in [-0.05, 0) is 26.0 Å². The zero-order valence-corrected chi connectivity index (χ0v) is 10.3. The van der Waals surface area contributed by atoms with Crippen LogP contribution in [0.25, 0.3) is 0 Å². The summed E-state index contributed by atoms with van der Waals surface area (Å²) in [5.41, 5.74) is 1.58. The zero-order valence-electron chi connectivity index (χ0n) is 9.52. The fourth-order valence-electron chi connectivity index (χ4n) is 1.22. The van der Waals surface area contributed by atoms with E-state index in [-0.39, 0.29) is 6.03 Å². The number of carbonyl (C=O) groups excluding carboxylic acids is 1. The number of anilines is 2. The first kappa shape index (κ1) is 11.5. The van der Waals surface area contributed by atoms with Crippen LogP contribution in [-0.4, -0.2) is 16.0 Å². The van der Waals surface area contributed by atoms with Crippen LogP contribution < -0.4 is 10.6 Å². The van der Waals surface area contributed by atoms with Gasteiger partial charge in [0.1, 0.15) is 0 Å². The van der Waals surface area contributed by atoms with E-state index in [1.54, 1.807) is 24.5 Å². The van der Waals surface area contributed by atoms with E-state index in [2.05, 4.69) is 20.6 Å². The van der Waals surface area contributed by atoms with Gasteiger partial charge in [-0.25, -0.2) is 9.78 Å². The minimum Gasteiger partial charge on any atom is -0.306 e. The van der Waals surface area contributed by atoms with E-state index < -0.39 is 0 Å². The van der Waals surface area contributed by atoms with Crippen molar-refractivity contribution < 1.29 is 4.79 Å². The summed E-state index contributed by atoms with van der Waals surface area (Å²) >= 11 is 1.45. The molecule has 0 saturated carbocycles. The Kier molecular flexibility index (Phi) is 3.34. The number of pyridine rings is 1. The molecule has 2 amide bonds. The second-order valence-corrected chi connectivity index (χ2v) is 4.68. The van der Waals surface area contributed by atoms with Crippen LogP contribution in [-0.2, 0) is 0 Å². The molecule has 0 atom stereocenters. The lowest BCUT2D eigenvalue weighted by molar-refractivity contribution is 0.262. The van der Waals surface area contributed by atoms with Crippen LogP contribution in [0.1, 0.15) is 10.6 Å². The number of rotatable bonds is 2. The van der Waals surface area contributed by atoms with Crippen molar-refractivity contribution in [1.82, 2.24) is 9.97 Å². The maximum atomic E-state index is 11.6. The minimum atomic E-state index is -0.313. The Morgan fingerprint density at radius 2 is 2.18 bits per heavy atom. The molecule has 88 valence electrons. The summed E-state index contributed by atoms with van der Waals surface area (Å²) in [5, 5.41) is 5.95. The van der Waals surface area contributed by atoms with Crippen molar-refractivity contribution in [3.8, 4) is 0 Å². The molecule has 0 aliphatic heterocycles. The molecule has 5 nitrogen and oxygen atoms in total. The van der Waals surface area contributed by atoms with Crippen molar-refractivity contribution in [3.63, 3.8) is 0 Å². The van der Waals surface area contributed by atoms with Crippen molar-refractivity contribution in [3.05, 3.63) is 35.1 Å². The molecule has 0 aliphatic rings. The summed E-state index contributed by atoms with van der Waals surface area (Å²) < 4.78 is 0. The number of aromatic nitrogens is 2. The van der Waals surface area contributed by atoms with Crippen LogP contribution in [0, 0.1) is 13.8 Å². The van der Waals surface area contributed by atoms with Crippen LogP contribution in [0.3, 0.4) is 0 Å². The second-order valence-electron chi connectivity index (χ2n) is 3.48. The van der Waals surface area contributed by atoms with Crippen LogP contribution >= 0.6 is 11.3 Å². The molecule has 2 heterocycles. The van der Waals surface area contributed by atoms with Gasteiger partial charge in [0.15, 0.2) is 5.13 Å². The van der Waals surface area contributed by atoms with Gasteiger partial charge in [0.05, 0.1) is 17.6 Å². The van der Waals surface area contributed by atoms with Gasteiger partial charge in [-0.15, -0.1) is 11.3 Å². The summed E-state index contributed by atoms with van der Waals surface area (Å²) in [4.78, 5) is 20.8. The average molecular weight is 248 g/mol. The van der Waals surface area contributed by atoms with Crippen molar-refractivity contribution in [2.75, 3.05) is 10.6 Å². The van der Waals surface area contributed by atoms with Gasteiger partial charge in [0, 0.05) is 11.1 Å². The first-order valence-corrected chi connectivity index (χ1v) is 5.89. The number of aryl methyl sites for hydroxylation is 2. The quantitative estimate of drug-likeness (QED) is 0.858. The number of thiazole rings is 1. The number of urea groups is 1. The lowest BCUT2D eigenvalue weighted by atomic mass is 10.4. The molecule has 0 aliphatic carbocycles. The molecule has 0 spiro atoms. The molecule has 0 aromatic carbocycles. The Morgan fingerprint density at radius 1 is 1.35 bits per heavy atom. The molecule has 6 heteroatoms. The molecule has 0 bridgehead atoms. The number of amides is 2. The Hall–Kier alpha value is -1.95. The van der Waals surface area contributed by atoms with Gasteiger partial charge in [0.2, 0.25) is 0 Å². The largest absolute Gasteiger partial charge is 0.325 e. The van der Waals surface area contributed by atoms with E-state index in [1.807, 2.05) is 13.8 Å². The minimum absolute atomic E-state index is 0.313. The SMILES string of the molecule is Cc1nc(NC(=O)Nc2cccnc2)sc1C. The summed E-state index contributed by atoms with van der Waals surface area (Å²) in [5.74, 6) is 0. The van der Waals surface area contributed by atoms with Gasteiger partial charge in [-0.1, -0.05) is 0 Å². The molecular formula is C11H12N4OS. The van der Waals surface area contributed by atoms with Crippen molar-refractivity contribution in [1.29, 1.82) is 0 Å². The fraction of sp³-hybridized carbons (Fsp3) is 0.182. The van der Waals surface area contributed by atoms with Crippen molar-refractivity contribution in [2.24, 2.45) is 0 Å². The molecule has 0 saturated heterocycles. The smallest absolute Gasteiger partial charge is 0.306 e. The number of nitrogens with one attached hydrogen (secondary N) is 2. The zero-order chi connectivity index (χ0) is 12.3. The molecule has 0 fully saturated rings. The third-order valence-electron chi connectivity index (χ3n) is 2.17. The number of hydrogen-bond acceptors (Lipinski definition) is 4. The highest BCUT2D eigenvalue weighted by Crippen LogP contribution is 2.21. The van der Waals surface area contributed by atoms with E-state index in [0.29, 0.717) is 10.8 Å². The highest BCUT2D eigenvalue weighted by molar-refractivity contribution is 7.15. The predicted octanol–water partition coefficient (Wildman–Crippen LogP) is 2.80. The van der Waals surface area contributed by atoms with Crippen LogP contribution in [0.5, 0.6) is 0 Å². The molecule has 2 aromatic heterocycles. The highest BCUT2D eigenvalue weighted by atomic mass is 32.1. The average Bonchev–Trinajstić information content (AvgIpc) is 2.59. The van der Waals surface area contributed by atoms with Crippen molar-refractivity contribution >= 4 is 28.2 Å². The predicted molar refractivity (Wildman–Crippen MR) is 68.5 cm³/mol. The van der Waals surface area contributed by atoms with Crippen molar-refractivity contribution in [2.45, 2.75) is 13.8 Å². The number of carbonyl (C=O) groups is 1. The van der Waals surface area contributed by atoms with Crippen LogP contribution in [0.15, 0.2) is 24.5 Å². The van der Waals surface area contributed by atoms with Gasteiger partial charge in [-0.3, -0.25) is 10.3 Å². The summed E-state index contributed by atoms with van der Waals surface area (Å²) in [6, 6.07) is 3.21. The van der Waals surface area contributed by atoms with Gasteiger partial charge < -0.3 is 5.32 Å². The molecular weight excluding hydrogens is 236 g/mol. The molecule has 2 N–H and O–H groups in total. The Balaban J connectivity index is 1.98. The maximum Gasteiger partial charge on any atom is 0.325 e. The van der Waals surface area contributed by atoms with Crippen LogP contribution in [0.4, 0.5) is 15.6 Å². The fourth-order valence-corrected chi connectivity index (χ4v) is 2.03. The van der Waals surface area contributed by atoms with Gasteiger partial charge in [0.25, 0.3) is 0 Å². The van der Waals surface area contributed by atoms with E-state index in [4.69, 9.17) is 0 Å². The summed E-state index contributed by atoms with van der Waals surface area (Å²) in [6.45, 7) is 3.88. The van der Waals surface area contributed by atoms with Gasteiger partial charge >= 0.3 is 6.03 Å². The summed E-state index contributed by atoms with van der Waals surface area (Å²) in [6.07, 6.45) is 3.23. The molecule has 0 radical (unpaired) electrons. The van der Waals surface area contributed by atoms with Gasteiger partial charge in [-0.2, -0.15) is 0 Å². The topological polar surface area (TPSA) is 66.9 Å². The van der Waals surface area contributed by atoms with E-state index >= 15 is 0 Å². The van der Waals surface area contributed by atoms with E-state index in [9.17, 15) is 4.79 Å². The second kappa shape index (κ2) is 4.92. The third kappa shape index (κ3) is 3.01. The Morgan fingerprint density at radius 3 is 2.76 bits per heavy atom. The standard InChI is InChI=1S/C11H12N4OS/c1-7-8(2)17-11(13-7)15-10(16)14-9-4-3-5-12-6-9/h3-6H,1-2H3,(H2,13,14,15,16). The Bertz CT molecular complexity index is 504.